The van der Waals surface area contributed by atoms with E-state index < -0.39 is 0 Å². The molecule has 0 heterocycles. The number of carbonyl (C=O) groups is 2. The summed E-state index contributed by atoms with van der Waals surface area (Å²) in [6.07, 6.45) is 3.85. The van der Waals surface area contributed by atoms with Crippen LogP contribution < -0.4 is 0 Å². The molecule has 0 saturated heterocycles. The van der Waals surface area contributed by atoms with E-state index in [4.69, 9.17) is 0 Å². The predicted octanol–water partition coefficient (Wildman–Crippen LogP) is 5.19. The minimum absolute atomic E-state index is 0.0308. The maximum atomic E-state index is 12.6. The highest BCUT2D eigenvalue weighted by Crippen LogP contribution is 2.25. The lowest BCUT2D eigenvalue weighted by Crippen LogP contribution is -2.17. The van der Waals surface area contributed by atoms with Crippen molar-refractivity contribution in [3.8, 4) is 0 Å². The van der Waals surface area contributed by atoms with Crippen LogP contribution in [0.4, 0.5) is 0 Å². The third-order valence-corrected chi connectivity index (χ3v) is 4.10. The first-order valence-corrected chi connectivity index (χ1v) is 8.38. The number of Topliss-reactive ketones (excluding diaryl/α,β-unsaturated/α-hetero) is 2. The molecule has 0 radical (unpaired) electrons. The maximum absolute atomic E-state index is 12.6. The van der Waals surface area contributed by atoms with Gasteiger partial charge in [-0.1, -0.05) is 80.4 Å². The molecule has 0 aliphatic rings. The minimum atomic E-state index is -0.333. The first-order valence-electron chi connectivity index (χ1n) is 8.38. The Morgan fingerprint density at radius 3 is 2.09 bits per heavy atom. The molecule has 0 aliphatic heterocycles. The summed E-state index contributed by atoms with van der Waals surface area (Å²) in [6, 6.07) is 18.9. The highest BCUT2D eigenvalue weighted by Gasteiger charge is 2.23. The van der Waals surface area contributed by atoms with Gasteiger partial charge in [0.05, 0.1) is 0 Å². The normalized spacial score (nSPS) is 11.9. The molecule has 1 atom stereocenters. The summed E-state index contributed by atoms with van der Waals surface area (Å²) in [5.41, 5.74) is 1.62. The van der Waals surface area contributed by atoms with E-state index in [9.17, 15) is 9.59 Å². The number of hydrogen-bond donors (Lipinski definition) is 0. The molecule has 0 amide bonds. The standard InChI is InChI=1S/C21H24O2/c1-2-3-6-15-20(22)19(17-11-7-4-8-12-17)16-21(23)18-13-9-5-10-14-18/h4-5,7-14,19H,2-3,6,15-16H2,1H3. The van der Waals surface area contributed by atoms with Crippen LogP contribution >= 0.6 is 0 Å². The van der Waals surface area contributed by atoms with Crippen LogP contribution in [0.15, 0.2) is 60.7 Å². The van der Waals surface area contributed by atoms with Crippen molar-refractivity contribution in [1.29, 1.82) is 0 Å². The highest BCUT2D eigenvalue weighted by molar-refractivity contribution is 6.00. The summed E-state index contributed by atoms with van der Waals surface area (Å²) in [7, 11) is 0. The summed E-state index contributed by atoms with van der Waals surface area (Å²) in [4.78, 5) is 25.1. The smallest absolute Gasteiger partial charge is 0.163 e. The first kappa shape index (κ1) is 17.1. The fraction of sp³-hybridized carbons (Fsp3) is 0.333. The zero-order valence-electron chi connectivity index (χ0n) is 13.7. The van der Waals surface area contributed by atoms with E-state index in [1.165, 1.54) is 0 Å². The molecule has 120 valence electrons. The van der Waals surface area contributed by atoms with Crippen LogP contribution in [-0.2, 0) is 4.79 Å². The van der Waals surface area contributed by atoms with Gasteiger partial charge >= 0.3 is 0 Å². The summed E-state index contributed by atoms with van der Waals surface area (Å²) in [6.45, 7) is 2.12. The summed E-state index contributed by atoms with van der Waals surface area (Å²) in [5, 5.41) is 0. The van der Waals surface area contributed by atoms with E-state index in [-0.39, 0.29) is 23.9 Å². The van der Waals surface area contributed by atoms with Crippen molar-refractivity contribution in [3.05, 3.63) is 71.8 Å². The monoisotopic (exact) mass is 308 g/mol. The minimum Gasteiger partial charge on any atom is -0.299 e. The van der Waals surface area contributed by atoms with Gasteiger partial charge in [-0.25, -0.2) is 0 Å². The largest absolute Gasteiger partial charge is 0.299 e. The second-order valence-electron chi connectivity index (χ2n) is 5.88. The lowest BCUT2D eigenvalue weighted by molar-refractivity contribution is -0.120. The fourth-order valence-electron chi connectivity index (χ4n) is 2.75. The molecular formula is C21H24O2. The molecule has 2 nitrogen and oxygen atoms in total. The van der Waals surface area contributed by atoms with Gasteiger partial charge in [0.25, 0.3) is 0 Å². The number of ketones is 2. The zero-order chi connectivity index (χ0) is 16.5. The third-order valence-electron chi connectivity index (χ3n) is 4.10. The van der Waals surface area contributed by atoms with Gasteiger partial charge in [-0.05, 0) is 12.0 Å². The fourth-order valence-corrected chi connectivity index (χ4v) is 2.75. The van der Waals surface area contributed by atoms with Crippen molar-refractivity contribution < 1.29 is 9.59 Å². The van der Waals surface area contributed by atoms with E-state index in [1.807, 2.05) is 60.7 Å². The van der Waals surface area contributed by atoms with Crippen molar-refractivity contribution in [2.45, 2.75) is 44.9 Å². The van der Waals surface area contributed by atoms with Crippen molar-refractivity contribution in [3.63, 3.8) is 0 Å². The lowest BCUT2D eigenvalue weighted by atomic mass is 9.86. The maximum Gasteiger partial charge on any atom is 0.163 e. The average molecular weight is 308 g/mol. The van der Waals surface area contributed by atoms with Gasteiger partial charge in [-0.2, -0.15) is 0 Å². The molecule has 0 aliphatic carbocycles. The molecule has 0 saturated carbocycles. The number of carbonyl (C=O) groups excluding carboxylic acids is 2. The van der Waals surface area contributed by atoms with Crippen LogP contribution in [0.1, 0.15) is 60.9 Å². The molecule has 23 heavy (non-hydrogen) atoms. The summed E-state index contributed by atoms with van der Waals surface area (Å²) >= 11 is 0. The quantitative estimate of drug-likeness (QED) is 0.472. The van der Waals surface area contributed by atoms with Crippen molar-refractivity contribution in [2.24, 2.45) is 0 Å². The van der Waals surface area contributed by atoms with Crippen LogP contribution in [0, 0.1) is 0 Å². The average Bonchev–Trinajstić information content (AvgIpc) is 2.61. The van der Waals surface area contributed by atoms with E-state index in [1.54, 1.807) is 0 Å². The molecule has 0 spiro atoms. The Bertz CT molecular complexity index is 617. The second kappa shape index (κ2) is 9.04. The topological polar surface area (TPSA) is 34.1 Å². The number of benzene rings is 2. The Hall–Kier alpha value is -2.22. The van der Waals surface area contributed by atoms with Gasteiger partial charge in [-0.3, -0.25) is 9.59 Å². The first-order chi connectivity index (χ1) is 11.2. The zero-order valence-corrected chi connectivity index (χ0v) is 13.7. The Kier molecular flexibility index (Phi) is 6.74. The molecule has 1 unspecified atom stereocenters. The van der Waals surface area contributed by atoms with E-state index in [2.05, 4.69) is 6.92 Å². The van der Waals surface area contributed by atoms with Crippen LogP contribution in [0.3, 0.4) is 0 Å². The number of hydrogen-bond acceptors (Lipinski definition) is 2. The van der Waals surface area contributed by atoms with Gasteiger partial charge in [0.15, 0.2) is 5.78 Å². The molecule has 0 aromatic heterocycles. The summed E-state index contributed by atoms with van der Waals surface area (Å²) in [5.74, 6) is -0.127. The van der Waals surface area contributed by atoms with Crippen LogP contribution in [0.25, 0.3) is 0 Å². The van der Waals surface area contributed by atoms with Gasteiger partial charge < -0.3 is 0 Å². The molecule has 2 aromatic carbocycles. The van der Waals surface area contributed by atoms with Crippen LogP contribution in [0.2, 0.25) is 0 Å². The summed E-state index contributed by atoms with van der Waals surface area (Å²) < 4.78 is 0. The van der Waals surface area contributed by atoms with E-state index in [0.29, 0.717) is 12.0 Å². The number of unbranched alkanes of at least 4 members (excludes halogenated alkanes) is 2. The van der Waals surface area contributed by atoms with E-state index >= 15 is 0 Å². The van der Waals surface area contributed by atoms with Gasteiger partial charge in [0, 0.05) is 24.3 Å². The lowest BCUT2D eigenvalue weighted by Gasteiger charge is -2.16. The Balaban J connectivity index is 2.13. The van der Waals surface area contributed by atoms with Gasteiger partial charge in [0.1, 0.15) is 5.78 Å². The van der Waals surface area contributed by atoms with Crippen molar-refractivity contribution in [1.82, 2.24) is 0 Å². The van der Waals surface area contributed by atoms with Crippen LogP contribution in [-0.4, -0.2) is 11.6 Å². The molecule has 2 rings (SSSR count). The van der Waals surface area contributed by atoms with Crippen molar-refractivity contribution >= 4 is 11.6 Å². The highest BCUT2D eigenvalue weighted by atomic mass is 16.1. The molecule has 0 fully saturated rings. The predicted molar refractivity (Wildman–Crippen MR) is 93.7 cm³/mol. The molecule has 0 bridgehead atoms. The molecule has 2 aromatic rings. The van der Waals surface area contributed by atoms with E-state index in [0.717, 1.165) is 24.8 Å². The molecular weight excluding hydrogens is 284 g/mol. The van der Waals surface area contributed by atoms with Gasteiger partial charge in [0.2, 0.25) is 0 Å². The third kappa shape index (κ3) is 5.17. The Morgan fingerprint density at radius 1 is 0.870 bits per heavy atom. The Morgan fingerprint density at radius 2 is 1.48 bits per heavy atom. The van der Waals surface area contributed by atoms with Crippen LogP contribution in [0.5, 0.6) is 0 Å². The second-order valence-corrected chi connectivity index (χ2v) is 5.88. The Labute approximate surface area is 138 Å². The van der Waals surface area contributed by atoms with Crippen molar-refractivity contribution in [2.75, 3.05) is 0 Å². The SMILES string of the molecule is CCCCCC(=O)C(CC(=O)c1ccccc1)c1ccccc1. The van der Waals surface area contributed by atoms with Gasteiger partial charge in [-0.15, -0.1) is 0 Å². The molecule has 0 N–H and O–H groups in total. The number of rotatable bonds is 9. The molecule has 2 heteroatoms.